The van der Waals surface area contributed by atoms with Crippen LogP contribution in [0.1, 0.15) is 46.8 Å². The first-order chi connectivity index (χ1) is 17.4. The maximum Gasteiger partial charge on any atom is 0.344 e. The molecule has 0 spiro atoms. The van der Waals surface area contributed by atoms with E-state index in [2.05, 4.69) is 30.4 Å². The number of carbonyl (C=O) groups excluding carboxylic acids is 2. The van der Waals surface area contributed by atoms with Crippen molar-refractivity contribution in [3.8, 4) is 11.5 Å². The largest absolute Gasteiger partial charge is 0.483 e. The van der Waals surface area contributed by atoms with Crippen LogP contribution in [-0.4, -0.2) is 24.7 Å². The third-order valence-electron chi connectivity index (χ3n) is 5.74. The minimum Gasteiger partial charge on any atom is -0.483 e. The summed E-state index contributed by atoms with van der Waals surface area (Å²) in [6, 6.07) is 26.1. The van der Waals surface area contributed by atoms with Gasteiger partial charge in [0.2, 0.25) is 0 Å². The van der Waals surface area contributed by atoms with Gasteiger partial charge in [-0.2, -0.15) is 5.10 Å². The highest BCUT2D eigenvalue weighted by Crippen LogP contribution is 2.24. The van der Waals surface area contributed by atoms with Crippen molar-refractivity contribution in [1.29, 1.82) is 0 Å². The minimum atomic E-state index is -0.422. The Morgan fingerprint density at radius 3 is 2.47 bits per heavy atom. The van der Waals surface area contributed by atoms with E-state index in [-0.39, 0.29) is 12.5 Å². The van der Waals surface area contributed by atoms with Crippen molar-refractivity contribution in [3.05, 3.63) is 107 Å². The number of ether oxygens (including phenoxy) is 2. The van der Waals surface area contributed by atoms with Gasteiger partial charge in [0.05, 0.1) is 11.8 Å². The monoisotopic (exact) mass is 480 g/mol. The van der Waals surface area contributed by atoms with Gasteiger partial charge in [0.1, 0.15) is 11.5 Å². The van der Waals surface area contributed by atoms with Crippen LogP contribution in [0.5, 0.6) is 11.5 Å². The number of fused-ring (bicyclic) bond motifs is 1. The first kappa shape index (κ1) is 24.7. The second-order valence-electron chi connectivity index (χ2n) is 8.75. The summed E-state index contributed by atoms with van der Waals surface area (Å²) in [5, 5.41) is 5.80. The van der Waals surface area contributed by atoms with Crippen LogP contribution in [0.15, 0.2) is 90.0 Å². The highest BCUT2D eigenvalue weighted by molar-refractivity contribution is 6.05. The molecule has 0 bridgehead atoms. The summed E-state index contributed by atoms with van der Waals surface area (Å²) in [6.45, 7) is 6.02. The lowest BCUT2D eigenvalue weighted by Gasteiger charge is -2.12. The molecule has 4 rings (SSSR count). The second kappa shape index (κ2) is 11.3. The van der Waals surface area contributed by atoms with Crippen LogP contribution < -0.4 is 14.9 Å². The fraction of sp³-hybridized carbons (Fsp3) is 0.167. The Morgan fingerprint density at radius 2 is 1.69 bits per heavy atom. The summed E-state index contributed by atoms with van der Waals surface area (Å²) in [5.41, 5.74) is 5.83. The van der Waals surface area contributed by atoms with Gasteiger partial charge >= 0.3 is 5.97 Å². The lowest BCUT2D eigenvalue weighted by molar-refractivity contribution is -0.123. The molecule has 0 saturated carbocycles. The predicted molar refractivity (Wildman–Crippen MR) is 142 cm³/mol. The van der Waals surface area contributed by atoms with Gasteiger partial charge in [0, 0.05) is 0 Å². The van der Waals surface area contributed by atoms with Crippen LogP contribution in [-0.2, 0) is 4.79 Å². The van der Waals surface area contributed by atoms with E-state index in [0.717, 1.165) is 27.5 Å². The van der Waals surface area contributed by atoms with Gasteiger partial charge in [0.25, 0.3) is 5.91 Å². The van der Waals surface area contributed by atoms with Crippen LogP contribution in [0.4, 0.5) is 0 Å². The Labute approximate surface area is 210 Å². The molecule has 1 amide bonds. The van der Waals surface area contributed by atoms with Crippen LogP contribution in [0.25, 0.3) is 10.8 Å². The number of esters is 1. The maximum absolute atomic E-state index is 12.7. The molecule has 0 radical (unpaired) electrons. The highest BCUT2D eigenvalue weighted by Gasteiger charge is 2.12. The molecule has 0 saturated heterocycles. The lowest BCUT2D eigenvalue weighted by Crippen LogP contribution is -2.24. The molecular formula is C30H28N2O4. The fourth-order valence-corrected chi connectivity index (χ4v) is 3.67. The lowest BCUT2D eigenvalue weighted by atomic mass is 10.0. The van der Waals surface area contributed by atoms with Crippen LogP contribution >= 0.6 is 0 Å². The van der Waals surface area contributed by atoms with E-state index >= 15 is 0 Å². The van der Waals surface area contributed by atoms with Crippen molar-refractivity contribution in [1.82, 2.24) is 5.43 Å². The van der Waals surface area contributed by atoms with E-state index in [1.54, 1.807) is 30.3 Å². The number of hydrazone groups is 1. The Morgan fingerprint density at radius 1 is 0.944 bits per heavy atom. The Kier molecular flexibility index (Phi) is 7.75. The molecule has 0 unspecified atom stereocenters. The maximum atomic E-state index is 12.7. The normalized spacial score (nSPS) is 11.1. The van der Waals surface area contributed by atoms with Crippen LogP contribution in [0.2, 0.25) is 0 Å². The Balaban J connectivity index is 1.30. The average Bonchev–Trinajstić information content (AvgIpc) is 2.88. The molecule has 1 N–H and O–H groups in total. The highest BCUT2D eigenvalue weighted by atomic mass is 16.5. The molecule has 36 heavy (non-hydrogen) atoms. The molecular weight excluding hydrogens is 452 g/mol. The number of carbonyl (C=O) groups is 2. The van der Waals surface area contributed by atoms with Crippen molar-refractivity contribution < 1.29 is 19.1 Å². The van der Waals surface area contributed by atoms with E-state index in [9.17, 15) is 9.59 Å². The van der Waals surface area contributed by atoms with Crippen molar-refractivity contribution in [2.45, 2.75) is 26.7 Å². The molecule has 0 fully saturated rings. The van der Waals surface area contributed by atoms with Gasteiger partial charge in [-0.15, -0.1) is 0 Å². The Bertz CT molecular complexity index is 1400. The van der Waals surface area contributed by atoms with Gasteiger partial charge in [-0.05, 0) is 76.7 Å². The number of benzene rings is 4. The fourth-order valence-electron chi connectivity index (χ4n) is 3.67. The minimum absolute atomic E-state index is 0.136. The first-order valence-electron chi connectivity index (χ1n) is 11.8. The Hall–Kier alpha value is -4.45. The number of aryl methyl sites for hydroxylation is 1. The van der Waals surface area contributed by atoms with Crippen molar-refractivity contribution in [3.63, 3.8) is 0 Å². The number of nitrogens with one attached hydrogen (secondary N) is 1. The summed E-state index contributed by atoms with van der Waals surface area (Å²) in [6.07, 6.45) is 1.51. The topological polar surface area (TPSA) is 77.0 Å². The standard InChI is InChI=1S/C30H28N2O4/c1-20(2)24-14-11-21(3)28(17-24)35-19-29(33)32-31-18-22-12-15-25(16-13-22)36-30(34)27-10-6-8-23-7-4-5-9-26(23)27/h4-18,20H,19H2,1-3H3,(H,32,33)/b31-18+. The van der Waals surface area contributed by atoms with Gasteiger partial charge in [0.15, 0.2) is 6.61 Å². The number of nitrogens with zero attached hydrogens (tertiary/aromatic N) is 1. The molecule has 0 aliphatic heterocycles. The molecule has 6 nitrogen and oxygen atoms in total. The van der Waals surface area contributed by atoms with E-state index in [1.165, 1.54) is 6.21 Å². The molecule has 0 aliphatic rings. The van der Waals surface area contributed by atoms with Crippen molar-refractivity contribution in [2.24, 2.45) is 5.10 Å². The summed E-state index contributed by atoms with van der Waals surface area (Å²) in [5.74, 6) is 0.700. The van der Waals surface area contributed by atoms with E-state index in [1.807, 2.05) is 55.5 Å². The number of hydrogen-bond donors (Lipinski definition) is 1. The third kappa shape index (κ3) is 6.16. The van der Waals surface area contributed by atoms with Gasteiger partial charge in [-0.25, -0.2) is 10.2 Å². The molecule has 0 aromatic heterocycles. The van der Waals surface area contributed by atoms with E-state index < -0.39 is 5.97 Å². The number of rotatable bonds is 8. The average molecular weight is 481 g/mol. The SMILES string of the molecule is Cc1ccc(C(C)C)cc1OCC(=O)N/N=C/c1ccc(OC(=O)c2cccc3ccccc23)cc1. The molecule has 0 aliphatic carbocycles. The zero-order chi connectivity index (χ0) is 25.5. The first-order valence-corrected chi connectivity index (χ1v) is 11.8. The second-order valence-corrected chi connectivity index (χ2v) is 8.75. The quantitative estimate of drug-likeness (QED) is 0.145. The van der Waals surface area contributed by atoms with Crippen LogP contribution in [0.3, 0.4) is 0 Å². The summed E-state index contributed by atoms with van der Waals surface area (Å²) >= 11 is 0. The van der Waals surface area contributed by atoms with E-state index in [0.29, 0.717) is 23.0 Å². The smallest absolute Gasteiger partial charge is 0.344 e. The van der Waals surface area contributed by atoms with Crippen molar-refractivity contribution >= 4 is 28.9 Å². The third-order valence-corrected chi connectivity index (χ3v) is 5.74. The predicted octanol–water partition coefficient (Wildman–Crippen LogP) is 6.02. The van der Waals surface area contributed by atoms with E-state index in [4.69, 9.17) is 9.47 Å². The zero-order valence-corrected chi connectivity index (χ0v) is 20.5. The molecule has 182 valence electrons. The van der Waals surface area contributed by atoms with Gasteiger partial charge in [-0.3, -0.25) is 4.79 Å². The summed E-state index contributed by atoms with van der Waals surface area (Å²) in [4.78, 5) is 24.8. The molecule has 0 heterocycles. The summed E-state index contributed by atoms with van der Waals surface area (Å²) < 4.78 is 11.2. The van der Waals surface area contributed by atoms with Crippen molar-refractivity contribution in [2.75, 3.05) is 6.61 Å². The number of hydrogen-bond acceptors (Lipinski definition) is 5. The molecule has 0 atom stereocenters. The van der Waals surface area contributed by atoms with Crippen LogP contribution in [0, 0.1) is 6.92 Å². The zero-order valence-electron chi connectivity index (χ0n) is 20.5. The number of amides is 1. The van der Waals surface area contributed by atoms with Gasteiger partial charge in [-0.1, -0.05) is 62.4 Å². The molecule has 4 aromatic rings. The summed E-state index contributed by atoms with van der Waals surface area (Å²) in [7, 11) is 0. The van der Waals surface area contributed by atoms with Gasteiger partial charge < -0.3 is 9.47 Å². The molecule has 6 heteroatoms. The molecule has 4 aromatic carbocycles.